The first-order valence-corrected chi connectivity index (χ1v) is 10.6. The average molecular weight is 430 g/mol. The average Bonchev–Trinajstić information content (AvgIpc) is 3.46. The first kappa shape index (κ1) is 19.2. The number of rotatable bonds is 3. The van der Waals surface area contributed by atoms with Gasteiger partial charge in [0.2, 0.25) is 0 Å². The van der Waals surface area contributed by atoms with Crippen molar-refractivity contribution >= 4 is 28.1 Å². The molecule has 0 saturated carbocycles. The molecule has 0 radical (unpaired) electrons. The molecule has 0 atom stereocenters. The van der Waals surface area contributed by atoms with Crippen molar-refractivity contribution in [3.05, 3.63) is 60.6 Å². The van der Waals surface area contributed by atoms with E-state index in [-0.39, 0.29) is 6.03 Å². The van der Waals surface area contributed by atoms with Gasteiger partial charge in [-0.2, -0.15) is 5.26 Å². The zero-order valence-corrected chi connectivity index (χ0v) is 17.3. The first-order valence-electron chi connectivity index (χ1n) is 9.79. The summed E-state index contributed by atoms with van der Waals surface area (Å²) in [6.45, 7) is 2.18. The molecule has 1 aliphatic rings. The van der Waals surface area contributed by atoms with E-state index in [2.05, 4.69) is 16.4 Å². The molecule has 1 aromatic carbocycles. The van der Waals surface area contributed by atoms with Gasteiger partial charge in [0.25, 0.3) is 0 Å². The summed E-state index contributed by atoms with van der Waals surface area (Å²) in [6, 6.07) is 13.2. The molecule has 1 aliphatic heterocycles. The van der Waals surface area contributed by atoms with Crippen molar-refractivity contribution in [2.75, 3.05) is 31.6 Å². The van der Waals surface area contributed by atoms with Gasteiger partial charge in [-0.15, -0.1) is 0 Å². The maximum Gasteiger partial charge on any atom is 0.323 e. The van der Waals surface area contributed by atoms with Gasteiger partial charge in [0.15, 0.2) is 5.13 Å². The number of aromatic nitrogens is 3. The summed E-state index contributed by atoms with van der Waals surface area (Å²) in [5, 5.41) is 12.7. The third kappa shape index (κ3) is 3.86. The molecule has 1 saturated heterocycles. The van der Waals surface area contributed by atoms with Crippen LogP contribution in [-0.2, 0) is 4.74 Å². The summed E-state index contributed by atoms with van der Waals surface area (Å²) in [7, 11) is 0. The number of hydrogen-bond acceptors (Lipinski definition) is 6. The van der Waals surface area contributed by atoms with E-state index in [0.717, 1.165) is 27.3 Å². The number of nitrogens with zero attached hydrogens (tertiary/aromatic N) is 5. The highest BCUT2D eigenvalue weighted by Crippen LogP contribution is 2.39. The van der Waals surface area contributed by atoms with E-state index in [4.69, 9.17) is 9.72 Å². The number of pyridine rings is 1. The highest BCUT2D eigenvalue weighted by Gasteiger charge is 2.21. The number of fused-ring (bicyclic) bond motifs is 1. The lowest BCUT2D eigenvalue weighted by molar-refractivity contribution is 0.0564. The van der Waals surface area contributed by atoms with Crippen LogP contribution in [0.15, 0.2) is 55.0 Å². The van der Waals surface area contributed by atoms with Crippen molar-refractivity contribution in [3.63, 3.8) is 0 Å². The van der Waals surface area contributed by atoms with Crippen LogP contribution in [0.25, 0.3) is 27.3 Å². The molecule has 4 aromatic rings. The van der Waals surface area contributed by atoms with E-state index in [0.29, 0.717) is 37.0 Å². The standard InChI is InChI=1S/C22H18N6O2S/c23-13-15-2-1-3-16(12-15)19-20(17-4-5-18-24-6-7-28(18)14-17)31-21(25-19)26-22(29)27-8-10-30-11-9-27/h1-7,12,14H,8-11H2,(H,25,26,29). The van der Waals surface area contributed by atoms with E-state index in [9.17, 15) is 10.1 Å². The third-order valence-corrected chi connectivity index (χ3v) is 6.08. The lowest BCUT2D eigenvalue weighted by Gasteiger charge is -2.26. The molecule has 9 heteroatoms. The Kier molecular flexibility index (Phi) is 5.08. The third-order valence-electron chi connectivity index (χ3n) is 5.06. The molecule has 8 nitrogen and oxygen atoms in total. The number of nitriles is 1. The molecular formula is C22H18N6O2S. The summed E-state index contributed by atoms with van der Waals surface area (Å²) < 4.78 is 7.26. The van der Waals surface area contributed by atoms with E-state index in [1.165, 1.54) is 11.3 Å². The normalized spacial score (nSPS) is 13.8. The molecule has 1 N–H and O–H groups in total. The van der Waals surface area contributed by atoms with Crippen molar-refractivity contribution in [3.8, 4) is 27.8 Å². The van der Waals surface area contributed by atoms with Crippen molar-refractivity contribution in [2.24, 2.45) is 0 Å². The summed E-state index contributed by atoms with van der Waals surface area (Å²) in [6.07, 6.45) is 5.62. The molecule has 0 aliphatic carbocycles. The molecule has 31 heavy (non-hydrogen) atoms. The molecule has 3 aromatic heterocycles. The fourth-order valence-corrected chi connectivity index (χ4v) is 4.46. The fraction of sp³-hybridized carbons (Fsp3) is 0.182. The number of benzene rings is 1. The summed E-state index contributed by atoms with van der Waals surface area (Å²) in [5.74, 6) is 0. The van der Waals surface area contributed by atoms with Gasteiger partial charge in [-0.3, -0.25) is 5.32 Å². The van der Waals surface area contributed by atoms with Crippen LogP contribution in [0.1, 0.15) is 5.56 Å². The number of amides is 2. The number of carbonyl (C=O) groups excluding carboxylic acids is 1. The van der Waals surface area contributed by atoms with Gasteiger partial charge in [0.05, 0.1) is 35.4 Å². The number of thiazole rings is 1. The Morgan fingerprint density at radius 1 is 1.19 bits per heavy atom. The Balaban J connectivity index is 1.55. The second-order valence-corrected chi connectivity index (χ2v) is 8.03. The maximum atomic E-state index is 12.7. The molecular weight excluding hydrogens is 412 g/mol. The van der Waals surface area contributed by atoms with Crippen LogP contribution in [-0.4, -0.2) is 51.6 Å². The van der Waals surface area contributed by atoms with E-state index >= 15 is 0 Å². The topological polar surface area (TPSA) is 95.5 Å². The van der Waals surface area contributed by atoms with E-state index in [1.807, 2.05) is 47.1 Å². The number of imidazole rings is 1. The van der Waals surface area contributed by atoms with E-state index in [1.54, 1.807) is 17.2 Å². The quantitative estimate of drug-likeness (QED) is 0.532. The molecule has 0 bridgehead atoms. The summed E-state index contributed by atoms with van der Waals surface area (Å²) >= 11 is 1.41. The van der Waals surface area contributed by atoms with Crippen LogP contribution in [0.2, 0.25) is 0 Å². The molecule has 154 valence electrons. The predicted octanol–water partition coefficient (Wildman–Crippen LogP) is 3.86. The van der Waals surface area contributed by atoms with Gasteiger partial charge in [-0.25, -0.2) is 14.8 Å². The highest BCUT2D eigenvalue weighted by molar-refractivity contribution is 7.19. The summed E-state index contributed by atoms with van der Waals surface area (Å²) in [4.78, 5) is 24.3. The molecule has 0 unspecified atom stereocenters. The smallest absolute Gasteiger partial charge is 0.323 e. The van der Waals surface area contributed by atoms with Gasteiger partial charge in [-0.05, 0) is 24.3 Å². The zero-order chi connectivity index (χ0) is 21.2. The second kappa shape index (κ2) is 8.18. The van der Waals surface area contributed by atoms with Crippen LogP contribution in [0.3, 0.4) is 0 Å². The minimum absolute atomic E-state index is 0.189. The van der Waals surface area contributed by atoms with Crippen LogP contribution in [0.4, 0.5) is 9.93 Å². The number of ether oxygens (including phenoxy) is 1. The Hall–Kier alpha value is -3.74. The van der Waals surface area contributed by atoms with Gasteiger partial charge < -0.3 is 14.0 Å². The molecule has 1 fully saturated rings. The maximum absolute atomic E-state index is 12.7. The van der Waals surface area contributed by atoms with Gasteiger partial charge in [0, 0.05) is 42.8 Å². The Morgan fingerprint density at radius 2 is 2.06 bits per heavy atom. The largest absolute Gasteiger partial charge is 0.378 e. The van der Waals surface area contributed by atoms with Crippen molar-refractivity contribution in [2.45, 2.75) is 0 Å². The van der Waals surface area contributed by atoms with Gasteiger partial charge in [0.1, 0.15) is 5.65 Å². The van der Waals surface area contributed by atoms with Gasteiger partial charge in [-0.1, -0.05) is 23.5 Å². The lowest BCUT2D eigenvalue weighted by Crippen LogP contribution is -2.43. The van der Waals surface area contributed by atoms with Crippen molar-refractivity contribution in [1.29, 1.82) is 5.26 Å². The zero-order valence-electron chi connectivity index (χ0n) is 16.5. The number of hydrogen-bond donors (Lipinski definition) is 1. The van der Waals surface area contributed by atoms with Crippen LogP contribution in [0.5, 0.6) is 0 Å². The minimum Gasteiger partial charge on any atom is -0.378 e. The minimum atomic E-state index is -0.189. The number of anilines is 1. The highest BCUT2D eigenvalue weighted by atomic mass is 32.1. The predicted molar refractivity (Wildman–Crippen MR) is 118 cm³/mol. The second-order valence-electron chi connectivity index (χ2n) is 7.03. The number of urea groups is 1. The Morgan fingerprint density at radius 3 is 2.90 bits per heavy atom. The lowest BCUT2D eigenvalue weighted by atomic mass is 10.1. The number of carbonyl (C=O) groups is 1. The van der Waals surface area contributed by atoms with Gasteiger partial charge >= 0.3 is 6.03 Å². The monoisotopic (exact) mass is 430 g/mol. The number of morpholine rings is 1. The SMILES string of the molecule is N#Cc1cccc(-c2nc(NC(=O)N3CCOCC3)sc2-c2ccc3nccn3c2)c1. The van der Waals surface area contributed by atoms with Crippen LogP contribution >= 0.6 is 11.3 Å². The molecule has 5 rings (SSSR count). The Bertz CT molecular complexity index is 1300. The molecule has 4 heterocycles. The summed E-state index contributed by atoms with van der Waals surface area (Å²) in [5.41, 5.74) is 3.90. The first-order chi connectivity index (χ1) is 15.2. The van der Waals surface area contributed by atoms with Crippen molar-refractivity contribution < 1.29 is 9.53 Å². The fourth-order valence-electron chi connectivity index (χ4n) is 3.49. The Labute approximate surface area is 182 Å². The van der Waals surface area contributed by atoms with Crippen LogP contribution in [0, 0.1) is 11.3 Å². The van der Waals surface area contributed by atoms with Crippen LogP contribution < -0.4 is 5.32 Å². The van der Waals surface area contributed by atoms with E-state index < -0.39 is 0 Å². The molecule has 2 amide bonds. The number of nitrogens with one attached hydrogen (secondary N) is 1. The van der Waals surface area contributed by atoms with Crippen molar-refractivity contribution in [1.82, 2.24) is 19.3 Å². The molecule has 0 spiro atoms.